The lowest BCUT2D eigenvalue weighted by Crippen LogP contribution is -2.40. The first kappa shape index (κ1) is 16.0. The van der Waals surface area contributed by atoms with Crippen LogP contribution in [0.1, 0.15) is 19.3 Å². The summed E-state index contributed by atoms with van der Waals surface area (Å²) in [6.45, 7) is -0.141. The summed E-state index contributed by atoms with van der Waals surface area (Å²) in [5.41, 5.74) is 0.699. The second kappa shape index (κ2) is 6.69. The van der Waals surface area contributed by atoms with E-state index in [1.54, 1.807) is 24.3 Å². The molecule has 2 aliphatic rings. The van der Waals surface area contributed by atoms with E-state index in [1.165, 1.54) is 5.01 Å². The second-order valence-electron chi connectivity index (χ2n) is 5.81. The van der Waals surface area contributed by atoms with Crippen LogP contribution in [0.15, 0.2) is 35.4 Å². The molecule has 3 N–H and O–H groups in total. The van der Waals surface area contributed by atoms with Crippen LogP contribution < -0.4 is 15.6 Å². The molecule has 2 amide bonds. The minimum Gasteiger partial charge on any atom is -0.480 e. The first-order valence-electron chi connectivity index (χ1n) is 7.76. The van der Waals surface area contributed by atoms with E-state index in [4.69, 9.17) is 0 Å². The van der Waals surface area contributed by atoms with Gasteiger partial charge >= 0.3 is 5.97 Å². The predicted molar refractivity (Wildman–Crippen MR) is 86.6 cm³/mol. The number of aliphatic carboxylic acids is 1. The lowest BCUT2D eigenvalue weighted by Gasteiger charge is -2.19. The fraction of sp³-hybridized carbons (Fsp3) is 0.375. The highest BCUT2D eigenvalue weighted by Crippen LogP contribution is 2.24. The number of anilines is 1. The summed E-state index contributed by atoms with van der Waals surface area (Å²) >= 11 is 0. The maximum absolute atomic E-state index is 12.2. The number of hydrogen-bond acceptors (Lipinski definition) is 5. The summed E-state index contributed by atoms with van der Waals surface area (Å²) in [6.07, 6.45) is 1.93. The highest BCUT2D eigenvalue weighted by atomic mass is 16.4. The number of nitrogens with one attached hydrogen (secondary N) is 2. The molecule has 3 rings (SSSR count). The Morgan fingerprint density at radius 1 is 1.21 bits per heavy atom. The molecule has 1 saturated carbocycles. The Balaban J connectivity index is 1.64. The Kier molecular flexibility index (Phi) is 4.45. The molecule has 1 aromatic carbocycles. The minimum atomic E-state index is -1.06. The average molecular weight is 330 g/mol. The number of carboxylic acid groups (broad SMARTS) is 1. The molecule has 0 aromatic heterocycles. The molecule has 1 unspecified atom stereocenters. The van der Waals surface area contributed by atoms with Gasteiger partial charge in [-0.1, -0.05) is 18.2 Å². The molecule has 0 radical (unpaired) electrons. The SMILES string of the molecule is O=C(CNC(=O)C1=NN(c2ccccc2)C(C(=O)O)C1)NC1CC1. The third-order valence-corrected chi connectivity index (χ3v) is 3.83. The monoisotopic (exact) mass is 330 g/mol. The Morgan fingerprint density at radius 3 is 2.54 bits per heavy atom. The van der Waals surface area contributed by atoms with Gasteiger partial charge in [0.2, 0.25) is 5.91 Å². The van der Waals surface area contributed by atoms with Gasteiger partial charge in [0.05, 0.1) is 12.2 Å². The Hall–Kier alpha value is -2.90. The van der Waals surface area contributed by atoms with E-state index in [0.29, 0.717) is 5.69 Å². The van der Waals surface area contributed by atoms with Gasteiger partial charge in [-0.05, 0) is 25.0 Å². The van der Waals surface area contributed by atoms with E-state index in [2.05, 4.69) is 15.7 Å². The number of para-hydroxylation sites is 1. The van der Waals surface area contributed by atoms with E-state index in [9.17, 15) is 19.5 Å². The van der Waals surface area contributed by atoms with Gasteiger partial charge in [-0.15, -0.1) is 0 Å². The van der Waals surface area contributed by atoms with Gasteiger partial charge in [-0.3, -0.25) is 14.6 Å². The minimum absolute atomic E-state index is 0.0136. The molecule has 24 heavy (non-hydrogen) atoms. The lowest BCUT2D eigenvalue weighted by molar-refractivity contribution is -0.138. The number of rotatable bonds is 6. The van der Waals surface area contributed by atoms with Gasteiger partial charge < -0.3 is 15.7 Å². The fourth-order valence-corrected chi connectivity index (χ4v) is 2.43. The van der Waals surface area contributed by atoms with E-state index < -0.39 is 17.9 Å². The zero-order valence-electron chi connectivity index (χ0n) is 12.9. The Morgan fingerprint density at radius 2 is 1.92 bits per heavy atom. The number of hydrogen-bond donors (Lipinski definition) is 3. The first-order chi connectivity index (χ1) is 11.5. The Bertz CT molecular complexity index is 685. The van der Waals surface area contributed by atoms with Crippen molar-refractivity contribution in [3.05, 3.63) is 30.3 Å². The number of benzene rings is 1. The van der Waals surface area contributed by atoms with Crippen LogP contribution in [-0.4, -0.2) is 47.2 Å². The largest absolute Gasteiger partial charge is 0.480 e. The molecule has 0 bridgehead atoms. The van der Waals surface area contributed by atoms with Crippen LogP contribution in [0.2, 0.25) is 0 Å². The molecule has 0 spiro atoms. The van der Waals surface area contributed by atoms with Crippen LogP contribution in [-0.2, 0) is 14.4 Å². The molecule has 1 aliphatic heterocycles. The van der Waals surface area contributed by atoms with Gasteiger partial charge in [-0.25, -0.2) is 4.79 Å². The molecule has 1 aliphatic carbocycles. The molecule has 126 valence electrons. The van der Waals surface area contributed by atoms with Crippen molar-refractivity contribution >= 4 is 29.2 Å². The second-order valence-corrected chi connectivity index (χ2v) is 5.81. The first-order valence-corrected chi connectivity index (χ1v) is 7.76. The van der Waals surface area contributed by atoms with Crippen LogP contribution in [0.3, 0.4) is 0 Å². The molecular weight excluding hydrogens is 312 g/mol. The maximum Gasteiger partial charge on any atom is 0.328 e. The van der Waals surface area contributed by atoms with Crippen molar-refractivity contribution in [2.45, 2.75) is 31.3 Å². The predicted octanol–water partition coefficient (Wildman–Crippen LogP) is 0.101. The van der Waals surface area contributed by atoms with Crippen molar-refractivity contribution in [2.75, 3.05) is 11.6 Å². The number of hydrazone groups is 1. The van der Waals surface area contributed by atoms with E-state index in [-0.39, 0.29) is 30.6 Å². The quantitative estimate of drug-likeness (QED) is 0.685. The topological polar surface area (TPSA) is 111 Å². The molecule has 1 fully saturated rings. The molecule has 1 atom stereocenters. The summed E-state index contributed by atoms with van der Waals surface area (Å²) < 4.78 is 0. The molecule has 8 nitrogen and oxygen atoms in total. The number of carbonyl (C=O) groups excluding carboxylic acids is 2. The molecule has 1 heterocycles. The van der Waals surface area contributed by atoms with E-state index >= 15 is 0 Å². The van der Waals surface area contributed by atoms with Gasteiger partial charge in [0.15, 0.2) is 6.04 Å². The molecular formula is C16H18N4O4. The van der Waals surface area contributed by atoms with Crippen molar-refractivity contribution < 1.29 is 19.5 Å². The van der Waals surface area contributed by atoms with Crippen molar-refractivity contribution in [1.82, 2.24) is 10.6 Å². The number of carbonyl (C=O) groups is 3. The third-order valence-electron chi connectivity index (χ3n) is 3.83. The van der Waals surface area contributed by atoms with E-state index in [0.717, 1.165) is 12.8 Å². The highest BCUT2D eigenvalue weighted by molar-refractivity contribution is 6.40. The smallest absolute Gasteiger partial charge is 0.328 e. The van der Waals surface area contributed by atoms with Gasteiger partial charge in [-0.2, -0.15) is 5.10 Å². The van der Waals surface area contributed by atoms with Gasteiger partial charge in [0.25, 0.3) is 5.91 Å². The fourth-order valence-electron chi connectivity index (χ4n) is 2.43. The van der Waals surface area contributed by atoms with Crippen LogP contribution in [0.25, 0.3) is 0 Å². The summed E-state index contributed by atoms with van der Waals surface area (Å²) in [5.74, 6) is -1.83. The average Bonchev–Trinajstić information content (AvgIpc) is 3.26. The van der Waals surface area contributed by atoms with E-state index in [1.807, 2.05) is 6.07 Å². The zero-order valence-corrected chi connectivity index (χ0v) is 12.9. The third kappa shape index (κ3) is 3.70. The van der Waals surface area contributed by atoms with Gasteiger partial charge in [0.1, 0.15) is 5.71 Å². The molecule has 8 heteroatoms. The maximum atomic E-state index is 12.2. The van der Waals surface area contributed by atoms with Crippen LogP contribution in [0.4, 0.5) is 5.69 Å². The zero-order chi connectivity index (χ0) is 17.1. The van der Waals surface area contributed by atoms with Crippen LogP contribution >= 0.6 is 0 Å². The number of carboxylic acids is 1. The van der Waals surface area contributed by atoms with Crippen molar-refractivity contribution in [2.24, 2.45) is 5.10 Å². The number of nitrogens with zero attached hydrogens (tertiary/aromatic N) is 2. The summed E-state index contributed by atoms with van der Waals surface area (Å²) in [5, 5.41) is 20.1. The summed E-state index contributed by atoms with van der Waals surface area (Å²) in [7, 11) is 0. The van der Waals surface area contributed by atoms with Crippen molar-refractivity contribution in [3.8, 4) is 0 Å². The van der Waals surface area contributed by atoms with Crippen molar-refractivity contribution in [3.63, 3.8) is 0 Å². The molecule has 1 aromatic rings. The van der Waals surface area contributed by atoms with Gasteiger partial charge in [0, 0.05) is 12.5 Å². The highest BCUT2D eigenvalue weighted by Gasteiger charge is 2.36. The summed E-state index contributed by atoms with van der Waals surface area (Å²) in [4.78, 5) is 35.2. The molecule has 0 saturated heterocycles. The standard InChI is InChI=1S/C16H18N4O4/c21-14(18-10-6-7-10)9-17-15(22)12-8-13(16(23)24)20(19-12)11-4-2-1-3-5-11/h1-5,10,13H,6-9H2,(H,17,22)(H,18,21)(H,23,24). The lowest BCUT2D eigenvalue weighted by atomic mass is 10.1. The number of amides is 2. The summed E-state index contributed by atoms with van der Waals surface area (Å²) in [6, 6.07) is 8.09. The normalized spacial score (nSPS) is 19.6. The van der Waals surface area contributed by atoms with Crippen molar-refractivity contribution in [1.29, 1.82) is 0 Å². The Labute approximate surface area is 138 Å². The van der Waals surface area contributed by atoms with Crippen LogP contribution in [0, 0.1) is 0 Å². The van der Waals surface area contributed by atoms with Crippen LogP contribution in [0.5, 0.6) is 0 Å².